The molecule has 0 aromatic rings. The van der Waals surface area contributed by atoms with E-state index in [0.29, 0.717) is 12.8 Å². The first kappa shape index (κ1) is 82.6. The molecule has 11 heteroatoms. The topological polar surface area (TPSA) is 175 Å². The molecule has 510 valence electrons. The third-order valence-electron chi connectivity index (χ3n) is 17.7. The van der Waals surface area contributed by atoms with Crippen LogP contribution in [0.1, 0.15) is 361 Å². The van der Waals surface area contributed by atoms with Gasteiger partial charge in [-0.2, -0.15) is 0 Å². The fourth-order valence-electron chi connectivity index (χ4n) is 11.8. The number of hydrogen-bond donors (Lipinski definition) is 6. The molecule has 1 rings (SSSR count). The Bertz CT molecular complexity index is 1600. The van der Waals surface area contributed by atoms with E-state index in [1.54, 1.807) is 6.08 Å². The van der Waals surface area contributed by atoms with Crippen LogP contribution in [-0.2, 0) is 23.8 Å². The van der Waals surface area contributed by atoms with Crippen LogP contribution in [0.3, 0.4) is 0 Å². The summed E-state index contributed by atoms with van der Waals surface area (Å²) in [4.78, 5) is 26.7. The molecule has 1 saturated heterocycles. The van der Waals surface area contributed by atoms with E-state index in [-0.39, 0.29) is 19.4 Å². The minimum Gasteiger partial charge on any atom is -0.454 e. The number of hydrogen-bond acceptors (Lipinski definition) is 10. The monoisotopic (exact) mass is 1230 g/mol. The van der Waals surface area contributed by atoms with Gasteiger partial charge in [-0.3, -0.25) is 9.59 Å². The Labute approximate surface area is 536 Å². The first-order chi connectivity index (χ1) is 42.7. The van der Waals surface area contributed by atoms with Crippen molar-refractivity contribution in [3.8, 4) is 0 Å². The standard InChI is InChI=1S/C76H141NO10/c1-4-7-10-13-16-19-22-25-27-29-31-32-33-34-35-36-37-38-39-41-43-46-49-52-55-58-61-64-71(81)87-74-73(83)72(82)70(65-78)86-76(74)85-66-67(68(79)62-59-56-53-50-47-44-24-21-18-15-12-9-6-3)77-75(84)69(80)63-60-57-54-51-48-45-42-40-30-28-26-23-20-17-14-11-8-5-2/h17,20,25-28,59,62,67-70,72-74,76,78-80,82-83H,4-16,18-19,21-24,29-58,60-61,63-66H2,1-3H3,(H,77,84)/b20-17-,27-25+,28-26-,62-59+. The van der Waals surface area contributed by atoms with Gasteiger partial charge in [0.1, 0.15) is 24.4 Å². The number of esters is 1. The van der Waals surface area contributed by atoms with Gasteiger partial charge >= 0.3 is 5.97 Å². The number of amides is 1. The van der Waals surface area contributed by atoms with Crippen LogP contribution in [0.15, 0.2) is 48.6 Å². The molecule has 0 aromatic carbocycles. The highest BCUT2D eigenvalue weighted by Gasteiger charge is 2.47. The second-order valence-electron chi connectivity index (χ2n) is 26.0. The molecule has 1 fully saturated rings. The maximum absolute atomic E-state index is 13.5. The number of ether oxygens (including phenoxy) is 3. The van der Waals surface area contributed by atoms with Gasteiger partial charge in [0.2, 0.25) is 5.91 Å². The van der Waals surface area contributed by atoms with Gasteiger partial charge in [0.15, 0.2) is 12.4 Å². The minimum atomic E-state index is -1.61. The summed E-state index contributed by atoms with van der Waals surface area (Å²) in [5, 5.41) is 57.3. The molecule has 0 bridgehead atoms. The maximum Gasteiger partial charge on any atom is 0.306 e. The predicted octanol–water partition coefficient (Wildman–Crippen LogP) is 19.5. The molecule has 1 amide bonds. The van der Waals surface area contributed by atoms with E-state index in [4.69, 9.17) is 14.2 Å². The van der Waals surface area contributed by atoms with E-state index in [1.807, 2.05) is 6.08 Å². The third kappa shape index (κ3) is 50.9. The Balaban J connectivity index is 2.53. The zero-order chi connectivity index (χ0) is 63.1. The molecule has 8 atom stereocenters. The van der Waals surface area contributed by atoms with Gasteiger partial charge in [0, 0.05) is 6.42 Å². The Morgan fingerprint density at radius 1 is 0.448 bits per heavy atom. The quantitative estimate of drug-likeness (QED) is 0.0195. The van der Waals surface area contributed by atoms with E-state index in [0.717, 1.165) is 70.6 Å². The van der Waals surface area contributed by atoms with E-state index < -0.39 is 67.4 Å². The minimum absolute atomic E-state index is 0.127. The lowest BCUT2D eigenvalue weighted by Gasteiger charge is -2.41. The number of unbranched alkanes of at least 4 members (excludes halogenated alkanes) is 45. The summed E-state index contributed by atoms with van der Waals surface area (Å²) in [6.45, 7) is 5.81. The van der Waals surface area contributed by atoms with Crippen molar-refractivity contribution < 1.29 is 49.3 Å². The summed E-state index contributed by atoms with van der Waals surface area (Å²) in [6.07, 6.45) is 70.1. The number of carbonyl (C=O) groups is 2. The molecule has 6 N–H and O–H groups in total. The molecule has 0 aliphatic carbocycles. The first-order valence-electron chi connectivity index (χ1n) is 37.4. The summed E-state index contributed by atoms with van der Waals surface area (Å²) in [7, 11) is 0. The Morgan fingerprint density at radius 3 is 1.21 bits per heavy atom. The normalized spacial score (nSPS) is 18.5. The summed E-state index contributed by atoms with van der Waals surface area (Å²) >= 11 is 0. The van der Waals surface area contributed by atoms with Crippen LogP contribution < -0.4 is 5.32 Å². The molecule has 1 heterocycles. The largest absolute Gasteiger partial charge is 0.454 e. The molecule has 0 aromatic heterocycles. The van der Waals surface area contributed by atoms with Crippen molar-refractivity contribution in [1.82, 2.24) is 5.32 Å². The molecule has 0 spiro atoms. The highest BCUT2D eigenvalue weighted by atomic mass is 16.7. The van der Waals surface area contributed by atoms with Crippen LogP contribution in [0, 0.1) is 0 Å². The number of aliphatic hydroxyl groups excluding tert-OH is 5. The first-order valence-corrected chi connectivity index (χ1v) is 37.4. The number of aliphatic hydroxyl groups is 5. The summed E-state index contributed by atoms with van der Waals surface area (Å²) in [5.41, 5.74) is 0. The molecule has 11 nitrogen and oxygen atoms in total. The van der Waals surface area contributed by atoms with E-state index in [1.165, 1.54) is 244 Å². The van der Waals surface area contributed by atoms with Crippen molar-refractivity contribution in [2.24, 2.45) is 0 Å². The molecule has 0 saturated carbocycles. The van der Waals surface area contributed by atoms with Gasteiger partial charge < -0.3 is 45.1 Å². The second-order valence-corrected chi connectivity index (χ2v) is 26.0. The van der Waals surface area contributed by atoms with Crippen molar-refractivity contribution in [2.75, 3.05) is 13.2 Å². The Hall–Kier alpha value is -2.38. The highest BCUT2D eigenvalue weighted by molar-refractivity contribution is 5.80. The smallest absolute Gasteiger partial charge is 0.306 e. The molecule has 0 radical (unpaired) electrons. The number of allylic oxidation sites excluding steroid dienone is 7. The number of rotatable bonds is 65. The van der Waals surface area contributed by atoms with Crippen molar-refractivity contribution in [3.63, 3.8) is 0 Å². The van der Waals surface area contributed by atoms with Gasteiger partial charge in [0.05, 0.1) is 25.4 Å². The molecule has 1 aliphatic rings. The lowest BCUT2D eigenvalue weighted by molar-refractivity contribution is -0.305. The summed E-state index contributed by atoms with van der Waals surface area (Å²) in [6, 6.07) is -1.03. The van der Waals surface area contributed by atoms with Crippen LogP contribution in [0.4, 0.5) is 0 Å². The average molecular weight is 1230 g/mol. The Morgan fingerprint density at radius 2 is 0.793 bits per heavy atom. The van der Waals surface area contributed by atoms with Crippen LogP contribution in [0.25, 0.3) is 0 Å². The zero-order valence-corrected chi connectivity index (χ0v) is 56.9. The fraction of sp³-hybridized carbons (Fsp3) is 0.868. The van der Waals surface area contributed by atoms with Crippen molar-refractivity contribution in [1.29, 1.82) is 0 Å². The summed E-state index contributed by atoms with van der Waals surface area (Å²) in [5.74, 6) is -1.18. The average Bonchev–Trinajstić information content (AvgIpc) is 2.75. The number of nitrogens with one attached hydrogen (secondary N) is 1. The Kier molecular flexibility index (Phi) is 60.6. The van der Waals surface area contributed by atoms with Crippen LogP contribution in [0.5, 0.6) is 0 Å². The zero-order valence-electron chi connectivity index (χ0n) is 56.9. The van der Waals surface area contributed by atoms with E-state index in [2.05, 4.69) is 62.5 Å². The van der Waals surface area contributed by atoms with Gasteiger partial charge in [-0.05, 0) is 83.5 Å². The molecule has 8 unspecified atom stereocenters. The van der Waals surface area contributed by atoms with Crippen LogP contribution in [0.2, 0.25) is 0 Å². The highest BCUT2D eigenvalue weighted by Crippen LogP contribution is 2.26. The SMILES string of the molecule is CCCCC/C=C\C/C=C\CCCCCCCCCCC(O)C(=O)NC(COC1OC(CO)C(O)C(O)C1OC(=O)CCCCCCCCCCCCCCCCCCC/C=C/CCCCCCCC)C(O)/C=C/CCCCCCCCCCCCC. The fourth-order valence-corrected chi connectivity index (χ4v) is 11.8. The lowest BCUT2D eigenvalue weighted by Crippen LogP contribution is -2.61. The predicted molar refractivity (Wildman–Crippen MR) is 366 cm³/mol. The summed E-state index contributed by atoms with van der Waals surface area (Å²) < 4.78 is 17.7. The van der Waals surface area contributed by atoms with Crippen molar-refractivity contribution >= 4 is 11.9 Å². The van der Waals surface area contributed by atoms with Gasteiger partial charge in [0.25, 0.3) is 0 Å². The second kappa shape index (κ2) is 63.8. The molecular formula is C76H141NO10. The lowest BCUT2D eigenvalue weighted by atomic mass is 9.99. The van der Waals surface area contributed by atoms with Gasteiger partial charge in [-0.1, -0.05) is 320 Å². The van der Waals surface area contributed by atoms with Crippen molar-refractivity contribution in [2.45, 2.75) is 410 Å². The molecule has 87 heavy (non-hydrogen) atoms. The van der Waals surface area contributed by atoms with Crippen LogP contribution in [-0.4, -0.2) is 99.6 Å². The van der Waals surface area contributed by atoms with Crippen LogP contribution >= 0.6 is 0 Å². The maximum atomic E-state index is 13.5. The molecule has 1 aliphatic heterocycles. The van der Waals surface area contributed by atoms with E-state index >= 15 is 0 Å². The third-order valence-corrected chi connectivity index (χ3v) is 17.7. The van der Waals surface area contributed by atoms with Crippen molar-refractivity contribution in [3.05, 3.63) is 48.6 Å². The number of carbonyl (C=O) groups excluding carboxylic acids is 2. The van der Waals surface area contributed by atoms with Gasteiger partial charge in [-0.25, -0.2) is 0 Å². The van der Waals surface area contributed by atoms with Gasteiger partial charge in [-0.15, -0.1) is 0 Å². The van der Waals surface area contributed by atoms with E-state index in [9.17, 15) is 35.1 Å². The molecular weight excluding hydrogens is 1090 g/mol.